The normalized spacial score (nSPS) is 11.6. The zero-order valence-corrected chi connectivity index (χ0v) is 12.6. The van der Waals surface area contributed by atoms with Crippen LogP contribution in [0.4, 0.5) is 0 Å². The molecule has 0 saturated carbocycles. The SMILES string of the molecule is COc1cc(CN)ccc1S(=O)(=O)NCc1ncc(C)o1. The number of oxazole rings is 1. The molecule has 2 aromatic rings. The Bertz CT molecular complexity index is 725. The summed E-state index contributed by atoms with van der Waals surface area (Å²) >= 11 is 0. The molecule has 0 fully saturated rings. The van der Waals surface area contributed by atoms with Crippen molar-refractivity contribution in [2.75, 3.05) is 7.11 Å². The summed E-state index contributed by atoms with van der Waals surface area (Å²) in [6, 6.07) is 4.71. The zero-order valence-electron chi connectivity index (χ0n) is 11.8. The molecule has 0 aliphatic rings. The number of benzene rings is 1. The highest BCUT2D eigenvalue weighted by molar-refractivity contribution is 7.89. The molecule has 0 atom stereocenters. The molecule has 0 bridgehead atoms. The predicted octanol–water partition coefficient (Wildman–Crippen LogP) is 0.929. The summed E-state index contributed by atoms with van der Waals surface area (Å²) < 4.78 is 37.4. The average Bonchev–Trinajstić information content (AvgIpc) is 2.90. The van der Waals surface area contributed by atoms with Crippen LogP contribution >= 0.6 is 0 Å². The maximum Gasteiger partial charge on any atom is 0.244 e. The van der Waals surface area contributed by atoms with Gasteiger partial charge in [-0.3, -0.25) is 0 Å². The van der Waals surface area contributed by atoms with E-state index in [1.165, 1.54) is 19.4 Å². The highest BCUT2D eigenvalue weighted by Crippen LogP contribution is 2.24. The largest absolute Gasteiger partial charge is 0.495 e. The molecule has 1 aromatic heterocycles. The van der Waals surface area contributed by atoms with Crippen LogP contribution in [0, 0.1) is 6.92 Å². The van der Waals surface area contributed by atoms with Crippen molar-refractivity contribution in [3.63, 3.8) is 0 Å². The number of aryl methyl sites for hydroxylation is 1. The van der Waals surface area contributed by atoms with Crippen LogP contribution in [0.2, 0.25) is 0 Å². The molecule has 8 heteroatoms. The van der Waals surface area contributed by atoms with E-state index in [1.807, 2.05) is 0 Å². The van der Waals surface area contributed by atoms with Crippen LogP contribution in [0.25, 0.3) is 0 Å². The molecule has 0 aliphatic carbocycles. The maximum absolute atomic E-state index is 12.3. The molecule has 0 saturated heterocycles. The van der Waals surface area contributed by atoms with Crippen LogP contribution in [0.5, 0.6) is 5.75 Å². The third-order valence-corrected chi connectivity index (χ3v) is 4.28. The molecule has 0 radical (unpaired) electrons. The van der Waals surface area contributed by atoms with E-state index in [0.29, 0.717) is 18.2 Å². The fraction of sp³-hybridized carbons (Fsp3) is 0.308. The Hall–Kier alpha value is -1.90. The molecular formula is C13H17N3O4S. The molecule has 114 valence electrons. The van der Waals surface area contributed by atoms with Gasteiger partial charge in [0, 0.05) is 6.54 Å². The van der Waals surface area contributed by atoms with Gasteiger partial charge in [0.15, 0.2) is 0 Å². The van der Waals surface area contributed by atoms with Crippen molar-refractivity contribution >= 4 is 10.0 Å². The summed E-state index contributed by atoms with van der Waals surface area (Å²) in [7, 11) is -2.32. The molecule has 7 nitrogen and oxygen atoms in total. The third kappa shape index (κ3) is 3.60. The van der Waals surface area contributed by atoms with E-state index < -0.39 is 10.0 Å². The van der Waals surface area contributed by atoms with E-state index in [2.05, 4.69) is 9.71 Å². The van der Waals surface area contributed by atoms with Gasteiger partial charge < -0.3 is 14.9 Å². The van der Waals surface area contributed by atoms with Gasteiger partial charge in [0.2, 0.25) is 15.9 Å². The highest BCUT2D eigenvalue weighted by atomic mass is 32.2. The zero-order chi connectivity index (χ0) is 15.5. The monoisotopic (exact) mass is 311 g/mol. The quantitative estimate of drug-likeness (QED) is 0.821. The van der Waals surface area contributed by atoms with Crippen molar-refractivity contribution in [2.45, 2.75) is 24.9 Å². The molecule has 2 rings (SSSR count). The molecule has 21 heavy (non-hydrogen) atoms. The average molecular weight is 311 g/mol. The minimum Gasteiger partial charge on any atom is -0.495 e. The van der Waals surface area contributed by atoms with Crippen molar-refractivity contribution in [1.29, 1.82) is 0 Å². The summed E-state index contributed by atoms with van der Waals surface area (Å²) in [6.45, 7) is 2.01. The second kappa shape index (κ2) is 6.25. The number of sulfonamides is 1. The van der Waals surface area contributed by atoms with E-state index in [-0.39, 0.29) is 17.2 Å². The third-order valence-electron chi connectivity index (χ3n) is 2.84. The Morgan fingerprint density at radius 2 is 2.19 bits per heavy atom. The van der Waals surface area contributed by atoms with Crippen molar-refractivity contribution in [1.82, 2.24) is 9.71 Å². The number of aromatic nitrogens is 1. The van der Waals surface area contributed by atoms with Gasteiger partial charge in [-0.05, 0) is 24.6 Å². The van der Waals surface area contributed by atoms with E-state index in [0.717, 1.165) is 5.56 Å². The first kappa shape index (κ1) is 15.5. The summed E-state index contributed by atoms with van der Waals surface area (Å²) in [6.07, 6.45) is 1.53. The summed E-state index contributed by atoms with van der Waals surface area (Å²) in [5.41, 5.74) is 6.31. The van der Waals surface area contributed by atoms with Crippen molar-refractivity contribution < 1.29 is 17.6 Å². The number of nitrogens with zero attached hydrogens (tertiary/aromatic N) is 1. The first-order valence-corrected chi connectivity index (χ1v) is 7.72. The van der Waals surface area contributed by atoms with Gasteiger partial charge in [-0.1, -0.05) is 6.07 Å². The van der Waals surface area contributed by atoms with E-state index in [4.69, 9.17) is 14.9 Å². The van der Waals surface area contributed by atoms with E-state index in [9.17, 15) is 8.42 Å². The van der Waals surface area contributed by atoms with Gasteiger partial charge in [-0.15, -0.1) is 0 Å². The number of methoxy groups -OCH3 is 1. The van der Waals surface area contributed by atoms with Crippen molar-refractivity contribution in [2.24, 2.45) is 5.73 Å². The lowest BCUT2D eigenvalue weighted by Gasteiger charge is -2.11. The molecule has 3 N–H and O–H groups in total. The standard InChI is InChI=1S/C13H17N3O4S/c1-9-7-15-13(20-9)8-16-21(17,18)12-4-3-10(6-14)5-11(12)19-2/h3-5,7,16H,6,8,14H2,1-2H3. The van der Waals surface area contributed by atoms with Crippen LogP contribution in [0.15, 0.2) is 33.7 Å². The lowest BCUT2D eigenvalue weighted by molar-refractivity contribution is 0.401. The molecule has 0 amide bonds. The van der Waals surface area contributed by atoms with E-state index in [1.54, 1.807) is 19.1 Å². The molecule has 0 aliphatic heterocycles. The lowest BCUT2D eigenvalue weighted by Crippen LogP contribution is -2.24. The summed E-state index contributed by atoms with van der Waals surface area (Å²) in [4.78, 5) is 3.99. The maximum atomic E-state index is 12.3. The summed E-state index contributed by atoms with van der Waals surface area (Å²) in [5, 5.41) is 0. The highest BCUT2D eigenvalue weighted by Gasteiger charge is 2.20. The first-order chi connectivity index (χ1) is 9.96. The molecule has 1 heterocycles. The van der Waals surface area contributed by atoms with Crippen LogP contribution in [0.1, 0.15) is 17.2 Å². The number of hydrogen-bond acceptors (Lipinski definition) is 6. The molecule has 1 aromatic carbocycles. The van der Waals surface area contributed by atoms with E-state index >= 15 is 0 Å². The van der Waals surface area contributed by atoms with Crippen molar-refractivity contribution in [3.8, 4) is 5.75 Å². The second-order valence-corrected chi connectivity index (χ2v) is 6.11. The fourth-order valence-electron chi connectivity index (χ4n) is 1.78. The van der Waals surface area contributed by atoms with Gasteiger partial charge in [-0.2, -0.15) is 0 Å². The predicted molar refractivity (Wildman–Crippen MR) is 76.2 cm³/mol. The number of nitrogens with two attached hydrogens (primary N) is 1. The van der Waals surface area contributed by atoms with Gasteiger partial charge >= 0.3 is 0 Å². The minimum atomic E-state index is -3.73. The van der Waals surface area contributed by atoms with Crippen LogP contribution < -0.4 is 15.2 Å². The minimum absolute atomic E-state index is 0.0298. The Balaban J connectivity index is 2.22. The van der Waals surface area contributed by atoms with Gasteiger partial charge in [0.25, 0.3) is 0 Å². The van der Waals surface area contributed by atoms with Crippen LogP contribution in [-0.2, 0) is 23.1 Å². The summed E-state index contributed by atoms with van der Waals surface area (Å²) in [5.74, 6) is 1.16. The Morgan fingerprint density at radius 3 is 2.76 bits per heavy atom. The van der Waals surface area contributed by atoms with Crippen LogP contribution in [-0.4, -0.2) is 20.5 Å². The van der Waals surface area contributed by atoms with Crippen molar-refractivity contribution in [3.05, 3.63) is 41.6 Å². The Kier molecular flexibility index (Phi) is 4.61. The first-order valence-electron chi connectivity index (χ1n) is 6.24. The molecule has 0 spiro atoms. The molecular weight excluding hydrogens is 294 g/mol. The van der Waals surface area contributed by atoms with Gasteiger partial charge in [0.05, 0.1) is 19.9 Å². The van der Waals surface area contributed by atoms with Crippen LogP contribution in [0.3, 0.4) is 0 Å². The number of hydrogen-bond donors (Lipinski definition) is 2. The Morgan fingerprint density at radius 1 is 1.43 bits per heavy atom. The smallest absolute Gasteiger partial charge is 0.244 e. The van der Waals surface area contributed by atoms with Gasteiger partial charge in [0.1, 0.15) is 16.4 Å². The number of nitrogens with one attached hydrogen (secondary N) is 1. The Labute approximate surface area is 123 Å². The number of ether oxygens (including phenoxy) is 1. The molecule has 0 unspecified atom stereocenters. The topological polar surface area (TPSA) is 107 Å². The fourth-order valence-corrected chi connectivity index (χ4v) is 2.90. The second-order valence-electron chi connectivity index (χ2n) is 4.38. The number of rotatable bonds is 6. The lowest BCUT2D eigenvalue weighted by atomic mass is 10.2. The van der Waals surface area contributed by atoms with Gasteiger partial charge in [-0.25, -0.2) is 18.1 Å².